The standard InChI is InChI=1S/C12H27NO/c1-11(2)7-10-14-9-6-8-13-12(3,4)5/h11,13H,6-10H2,1-5H3. The minimum Gasteiger partial charge on any atom is -0.381 e. The minimum atomic E-state index is 0.234. The minimum absolute atomic E-state index is 0.234. The number of hydrogen-bond donors (Lipinski definition) is 1. The van der Waals surface area contributed by atoms with Crippen molar-refractivity contribution in [2.75, 3.05) is 19.8 Å². The third kappa shape index (κ3) is 11.9. The first-order valence-corrected chi connectivity index (χ1v) is 5.74. The van der Waals surface area contributed by atoms with Gasteiger partial charge in [0.1, 0.15) is 0 Å². The van der Waals surface area contributed by atoms with Crippen LogP contribution in [0, 0.1) is 5.92 Å². The van der Waals surface area contributed by atoms with Crippen molar-refractivity contribution in [2.45, 2.75) is 53.0 Å². The molecule has 0 atom stereocenters. The molecule has 0 aliphatic heterocycles. The van der Waals surface area contributed by atoms with Crippen molar-refractivity contribution in [3.63, 3.8) is 0 Å². The van der Waals surface area contributed by atoms with Crippen LogP contribution in [0.3, 0.4) is 0 Å². The summed E-state index contributed by atoms with van der Waals surface area (Å²) < 4.78 is 5.52. The van der Waals surface area contributed by atoms with Crippen LogP contribution in [0.4, 0.5) is 0 Å². The highest BCUT2D eigenvalue weighted by Gasteiger charge is 2.06. The smallest absolute Gasteiger partial charge is 0.0478 e. The van der Waals surface area contributed by atoms with E-state index in [-0.39, 0.29) is 5.54 Å². The highest BCUT2D eigenvalue weighted by molar-refractivity contribution is 4.69. The van der Waals surface area contributed by atoms with E-state index in [0.29, 0.717) is 0 Å². The zero-order chi connectivity index (χ0) is 11.0. The molecule has 0 aliphatic carbocycles. The molecule has 2 heteroatoms. The third-order valence-corrected chi connectivity index (χ3v) is 1.96. The summed E-state index contributed by atoms with van der Waals surface area (Å²) in [6.45, 7) is 13.9. The molecule has 1 N–H and O–H groups in total. The Balaban J connectivity index is 3.07. The van der Waals surface area contributed by atoms with Crippen LogP contribution in [0.2, 0.25) is 0 Å². The lowest BCUT2D eigenvalue weighted by Crippen LogP contribution is -2.36. The number of ether oxygens (including phenoxy) is 1. The Hall–Kier alpha value is -0.0800. The quantitative estimate of drug-likeness (QED) is 0.640. The van der Waals surface area contributed by atoms with Gasteiger partial charge in [-0.3, -0.25) is 0 Å². The highest BCUT2D eigenvalue weighted by atomic mass is 16.5. The van der Waals surface area contributed by atoms with Crippen LogP contribution in [-0.2, 0) is 4.74 Å². The lowest BCUT2D eigenvalue weighted by atomic mass is 10.1. The van der Waals surface area contributed by atoms with Crippen molar-refractivity contribution in [2.24, 2.45) is 5.92 Å². The van der Waals surface area contributed by atoms with Gasteiger partial charge in [0.15, 0.2) is 0 Å². The monoisotopic (exact) mass is 201 g/mol. The van der Waals surface area contributed by atoms with Crippen molar-refractivity contribution in [1.29, 1.82) is 0 Å². The molecular weight excluding hydrogens is 174 g/mol. The van der Waals surface area contributed by atoms with E-state index in [0.717, 1.165) is 32.1 Å². The molecule has 0 fully saturated rings. The fraction of sp³-hybridized carbons (Fsp3) is 1.00. The fourth-order valence-corrected chi connectivity index (χ4v) is 1.06. The molecule has 2 nitrogen and oxygen atoms in total. The predicted octanol–water partition coefficient (Wildman–Crippen LogP) is 2.83. The van der Waals surface area contributed by atoms with Gasteiger partial charge < -0.3 is 10.1 Å². The van der Waals surface area contributed by atoms with E-state index in [1.54, 1.807) is 0 Å². The number of nitrogens with one attached hydrogen (secondary N) is 1. The highest BCUT2D eigenvalue weighted by Crippen LogP contribution is 2.00. The summed E-state index contributed by atoms with van der Waals surface area (Å²) in [7, 11) is 0. The largest absolute Gasteiger partial charge is 0.381 e. The van der Waals surface area contributed by atoms with Gasteiger partial charge in [-0.25, -0.2) is 0 Å². The number of rotatable bonds is 7. The molecule has 86 valence electrons. The van der Waals surface area contributed by atoms with Gasteiger partial charge in [-0.2, -0.15) is 0 Å². The van der Waals surface area contributed by atoms with Gasteiger partial charge in [0.2, 0.25) is 0 Å². The zero-order valence-corrected chi connectivity index (χ0v) is 10.5. The molecule has 0 saturated heterocycles. The van der Waals surface area contributed by atoms with Crippen LogP contribution in [0.1, 0.15) is 47.5 Å². The summed E-state index contributed by atoms with van der Waals surface area (Å²) in [4.78, 5) is 0. The molecule has 14 heavy (non-hydrogen) atoms. The van der Waals surface area contributed by atoms with Crippen molar-refractivity contribution >= 4 is 0 Å². The second kappa shape index (κ2) is 7.24. The van der Waals surface area contributed by atoms with Crippen LogP contribution in [0.25, 0.3) is 0 Å². The first-order chi connectivity index (χ1) is 6.42. The number of hydrogen-bond acceptors (Lipinski definition) is 2. The van der Waals surface area contributed by atoms with Crippen LogP contribution in [0.15, 0.2) is 0 Å². The van der Waals surface area contributed by atoms with Crippen LogP contribution in [0.5, 0.6) is 0 Å². The van der Waals surface area contributed by atoms with Gasteiger partial charge in [0, 0.05) is 18.8 Å². The van der Waals surface area contributed by atoms with Crippen LogP contribution >= 0.6 is 0 Å². The van der Waals surface area contributed by atoms with E-state index in [1.807, 2.05) is 0 Å². The summed E-state index contributed by atoms with van der Waals surface area (Å²) >= 11 is 0. The van der Waals surface area contributed by atoms with E-state index >= 15 is 0 Å². The summed E-state index contributed by atoms with van der Waals surface area (Å²) in [5.41, 5.74) is 0.234. The molecule has 0 bridgehead atoms. The lowest BCUT2D eigenvalue weighted by molar-refractivity contribution is 0.120. The van der Waals surface area contributed by atoms with E-state index in [4.69, 9.17) is 4.74 Å². The zero-order valence-electron chi connectivity index (χ0n) is 10.5. The second-order valence-corrected chi connectivity index (χ2v) is 5.33. The summed E-state index contributed by atoms with van der Waals surface area (Å²) in [5.74, 6) is 0.753. The SMILES string of the molecule is CC(C)CCOCCCNC(C)(C)C. The molecule has 0 aromatic rings. The third-order valence-electron chi connectivity index (χ3n) is 1.96. The van der Waals surface area contributed by atoms with Crippen LogP contribution in [-0.4, -0.2) is 25.3 Å². The van der Waals surface area contributed by atoms with Crippen molar-refractivity contribution in [3.8, 4) is 0 Å². The normalized spacial score (nSPS) is 12.4. The molecule has 0 radical (unpaired) electrons. The maximum Gasteiger partial charge on any atom is 0.0478 e. The van der Waals surface area contributed by atoms with E-state index in [9.17, 15) is 0 Å². The van der Waals surface area contributed by atoms with Gasteiger partial charge >= 0.3 is 0 Å². The Labute approximate surface area is 89.4 Å². The van der Waals surface area contributed by atoms with Gasteiger partial charge in [0.05, 0.1) is 0 Å². The summed E-state index contributed by atoms with van der Waals surface area (Å²) in [6, 6.07) is 0. The Morgan fingerprint density at radius 2 is 1.79 bits per heavy atom. The molecule has 0 amide bonds. The average Bonchev–Trinajstić information content (AvgIpc) is 2.00. The Bertz CT molecular complexity index is 127. The molecule has 0 heterocycles. The molecule has 0 unspecified atom stereocenters. The fourth-order valence-electron chi connectivity index (χ4n) is 1.06. The van der Waals surface area contributed by atoms with Crippen molar-refractivity contribution < 1.29 is 4.74 Å². The Kier molecular flexibility index (Phi) is 7.20. The Morgan fingerprint density at radius 1 is 1.14 bits per heavy atom. The molecular formula is C12H27NO. The molecule has 0 aliphatic rings. The van der Waals surface area contributed by atoms with Gasteiger partial charge in [-0.1, -0.05) is 13.8 Å². The summed E-state index contributed by atoms with van der Waals surface area (Å²) in [5, 5.41) is 3.44. The van der Waals surface area contributed by atoms with Gasteiger partial charge in [-0.05, 0) is 46.1 Å². The maximum atomic E-state index is 5.52. The second-order valence-electron chi connectivity index (χ2n) is 5.33. The molecule has 0 rings (SSSR count). The average molecular weight is 201 g/mol. The predicted molar refractivity (Wildman–Crippen MR) is 62.6 cm³/mol. The molecule has 0 aromatic carbocycles. The van der Waals surface area contributed by atoms with E-state index in [2.05, 4.69) is 39.9 Å². The lowest BCUT2D eigenvalue weighted by Gasteiger charge is -2.20. The van der Waals surface area contributed by atoms with E-state index in [1.165, 1.54) is 6.42 Å². The van der Waals surface area contributed by atoms with Crippen molar-refractivity contribution in [1.82, 2.24) is 5.32 Å². The van der Waals surface area contributed by atoms with E-state index < -0.39 is 0 Å². The Morgan fingerprint density at radius 3 is 2.29 bits per heavy atom. The first kappa shape index (κ1) is 13.9. The van der Waals surface area contributed by atoms with Crippen molar-refractivity contribution in [3.05, 3.63) is 0 Å². The maximum absolute atomic E-state index is 5.52. The van der Waals surface area contributed by atoms with Gasteiger partial charge in [-0.15, -0.1) is 0 Å². The van der Waals surface area contributed by atoms with Gasteiger partial charge in [0.25, 0.3) is 0 Å². The summed E-state index contributed by atoms with van der Waals surface area (Å²) in [6.07, 6.45) is 2.28. The topological polar surface area (TPSA) is 21.3 Å². The molecule has 0 spiro atoms. The molecule has 0 aromatic heterocycles. The molecule has 0 saturated carbocycles. The first-order valence-electron chi connectivity index (χ1n) is 5.74. The van der Waals surface area contributed by atoms with Crippen LogP contribution < -0.4 is 5.32 Å².